The number of thiocarbonyl (C=S) groups is 1. The van der Waals surface area contributed by atoms with E-state index in [9.17, 15) is 9.59 Å². The van der Waals surface area contributed by atoms with E-state index < -0.39 is 18.4 Å². The van der Waals surface area contributed by atoms with Gasteiger partial charge in [0.1, 0.15) is 29.0 Å². The Kier molecular flexibility index (Phi) is 4.03. The summed E-state index contributed by atoms with van der Waals surface area (Å²) >= 11 is 5.97. The number of carbonyl (C=O) groups is 2. The predicted molar refractivity (Wildman–Crippen MR) is 72.1 cm³/mol. The molecule has 0 bridgehead atoms. The Morgan fingerprint density at radius 1 is 1.53 bits per heavy atom. The van der Waals surface area contributed by atoms with E-state index in [1.54, 1.807) is 12.1 Å². The predicted octanol–water partition coefficient (Wildman–Crippen LogP) is 1.06. The van der Waals surface area contributed by atoms with Crippen LogP contribution in [0.5, 0.6) is 0 Å². The molecule has 0 spiro atoms. The zero-order valence-corrected chi connectivity index (χ0v) is 11.2. The number of aliphatic carboxylic acids is 1. The SMILES string of the molecule is O=C(O)CN1C(=O)/C(=C\c2ccc(CO)o2)SC1=S. The van der Waals surface area contributed by atoms with Crippen LogP contribution in [0.3, 0.4) is 0 Å². The van der Waals surface area contributed by atoms with E-state index in [-0.39, 0.29) is 10.9 Å². The maximum absolute atomic E-state index is 11.9. The number of amides is 1. The highest BCUT2D eigenvalue weighted by atomic mass is 32.2. The summed E-state index contributed by atoms with van der Waals surface area (Å²) in [6.07, 6.45) is 1.47. The third kappa shape index (κ3) is 3.03. The van der Waals surface area contributed by atoms with Crippen molar-refractivity contribution in [3.8, 4) is 0 Å². The smallest absolute Gasteiger partial charge is 0.323 e. The summed E-state index contributed by atoms with van der Waals surface area (Å²) in [4.78, 5) is 23.9. The van der Waals surface area contributed by atoms with Crippen LogP contribution in [0, 0.1) is 0 Å². The van der Waals surface area contributed by atoms with Gasteiger partial charge in [0.05, 0.1) is 4.91 Å². The van der Waals surface area contributed by atoms with Crippen LogP contribution in [0.25, 0.3) is 6.08 Å². The van der Waals surface area contributed by atoms with Crippen LogP contribution in [0.15, 0.2) is 21.5 Å². The quantitative estimate of drug-likeness (QED) is 0.634. The van der Waals surface area contributed by atoms with Crippen LogP contribution in [-0.2, 0) is 16.2 Å². The Bertz CT molecular complexity index is 577. The summed E-state index contributed by atoms with van der Waals surface area (Å²) in [5, 5.41) is 17.6. The second-order valence-electron chi connectivity index (χ2n) is 3.62. The van der Waals surface area contributed by atoms with Gasteiger partial charge in [-0.15, -0.1) is 0 Å². The van der Waals surface area contributed by atoms with Gasteiger partial charge in [-0.2, -0.15) is 0 Å². The van der Waals surface area contributed by atoms with E-state index in [1.165, 1.54) is 6.08 Å². The van der Waals surface area contributed by atoms with Gasteiger partial charge in [-0.3, -0.25) is 14.5 Å². The minimum Gasteiger partial charge on any atom is -0.480 e. The number of aliphatic hydroxyl groups is 1. The molecule has 1 saturated heterocycles. The van der Waals surface area contributed by atoms with E-state index in [1.807, 2.05) is 0 Å². The highest BCUT2D eigenvalue weighted by Gasteiger charge is 2.33. The van der Waals surface area contributed by atoms with E-state index in [0.717, 1.165) is 16.7 Å². The number of carbonyl (C=O) groups excluding carboxylic acids is 1. The average Bonchev–Trinajstić information content (AvgIpc) is 2.90. The van der Waals surface area contributed by atoms with E-state index in [0.29, 0.717) is 16.4 Å². The molecular weight excluding hydrogens is 290 g/mol. The first kappa shape index (κ1) is 13.8. The summed E-state index contributed by atoms with van der Waals surface area (Å²) in [5.74, 6) is -0.801. The third-order valence-corrected chi connectivity index (χ3v) is 3.66. The summed E-state index contributed by atoms with van der Waals surface area (Å²) in [6.45, 7) is -0.685. The van der Waals surface area contributed by atoms with E-state index >= 15 is 0 Å². The summed E-state index contributed by atoms with van der Waals surface area (Å²) in [6, 6.07) is 3.19. The normalized spacial score (nSPS) is 17.5. The summed E-state index contributed by atoms with van der Waals surface area (Å²) in [7, 11) is 0. The number of hydrogen-bond donors (Lipinski definition) is 2. The van der Waals surface area contributed by atoms with Crippen LogP contribution < -0.4 is 0 Å². The second kappa shape index (κ2) is 5.55. The molecule has 1 aliphatic rings. The molecule has 0 aromatic carbocycles. The molecule has 1 aromatic heterocycles. The van der Waals surface area contributed by atoms with Crippen molar-refractivity contribution >= 4 is 46.3 Å². The fourth-order valence-electron chi connectivity index (χ4n) is 1.46. The van der Waals surface area contributed by atoms with Gasteiger partial charge in [-0.1, -0.05) is 24.0 Å². The number of rotatable bonds is 4. The lowest BCUT2D eigenvalue weighted by molar-refractivity contribution is -0.140. The molecule has 0 aliphatic carbocycles. The minimum absolute atomic E-state index is 0.201. The Hall–Kier alpha value is -1.64. The third-order valence-electron chi connectivity index (χ3n) is 2.28. The van der Waals surface area contributed by atoms with Gasteiger partial charge in [0.25, 0.3) is 5.91 Å². The molecule has 2 heterocycles. The molecule has 0 radical (unpaired) electrons. The lowest BCUT2D eigenvalue weighted by Gasteiger charge is -2.09. The fourth-order valence-corrected chi connectivity index (χ4v) is 2.69. The molecule has 8 heteroatoms. The van der Waals surface area contributed by atoms with Crippen molar-refractivity contribution in [3.63, 3.8) is 0 Å². The maximum atomic E-state index is 11.9. The first-order valence-corrected chi connectivity index (χ1v) is 6.40. The highest BCUT2D eigenvalue weighted by molar-refractivity contribution is 8.26. The molecule has 2 N–H and O–H groups in total. The summed E-state index contributed by atoms with van der Waals surface area (Å²) in [5.41, 5.74) is 0. The Balaban J connectivity index is 2.20. The van der Waals surface area contributed by atoms with Crippen LogP contribution in [0.4, 0.5) is 0 Å². The fraction of sp³-hybridized carbons (Fsp3) is 0.182. The zero-order chi connectivity index (χ0) is 14.0. The zero-order valence-electron chi connectivity index (χ0n) is 9.53. The highest BCUT2D eigenvalue weighted by Crippen LogP contribution is 2.32. The van der Waals surface area contributed by atoms with Gasteiger partial charge in [0, 0.05) is 6.08 Å². The Morgan fingerprint density at radius 2 is 2.26 bits per heavy atom. The van der Waals surface area contributed by atoms with Gasteiger partial charge < -0.3 is 14.6 Å². The van der Waals surface area contributed by atoms with Gasteiger partial charge >= 0.3 is 5.97 Å². The number of aliphatic hydroxyl groups excluding tert-OH is 1. The molecule has 1 fully saturated rings. The molecule has 0 atom stereocenters. The monoisotopic (exact) mass is 299 g/mol. The molecule has 1 aliphatic heterocycles. The molecular formula is C11H9NO5S2. The van der Waals surface area contributed by atoms with Crippen molar-refractivity contribution in [2.45, 2.75) is 6.61 Å². The number of hydrogen-bond acceptors (Lipinski definition) is 6. The van der Waals surface area contributed by atoms with Crippen molar-refractivity contribution in [1.82, 2.24) is 4.90 Å². The molecule has 0 unspecified atom stereocenters. The molecule has 19 heavy (non-hydrogen) atoms. The van der Waals surface area contributed by atoms with Gasteiger partial charge in [0.2, 0.25) is 0 Å². The van der Waals surface area contributed by atoms with Crippen molar-refractivity contribution < 1.29 is 24.2 Å². The van der Waals surface area contributed by atoms with E-state index in [2.05, 4.69) is 0 Å². The van der Waals surface area contributed by atoms with Gasteiger partial charge in [-0.25, -0.2) is 0 Å². The number of carboxylic acid groups (broad SMARTS) is 1. The van der Waals surface area contributed by atoms with Gasteiger partial charge in [0.15, 0.2) is 0 Å². The molecule has 100 valence electrons. The summed E-state index contributed by atoms with van der Waals surface area (Å²) < 4.78 is 5.43. The Morgan fingerprint density at radius 3 is 2.84 bits per heavy atom. The molecule has 1 amide bonds. The standard InChI is InChI=1S/C11H9NO5S2/c13-5-7-2-1-6(17-7)3-8-10(16)12(4-9(14)15)11(18)19-8/h1-3,13H,4-5H2,(H,14,15)/b8-3+. The number of thioether (sulfide) groups is 1. The van der Waals surface area contributed by atoms with Crippen LogP contribution in [0.1, 0.15) is 11.5 Å². The number of carboxylic acids is 1. The average molecular weight is 299 g/mol. The van der Waals surface area contributed by atoms with Crippen molar-refractivity contribution in [3.05, 3.63) is 28.6 Å². The maximum Gasteiger partial charge on any atom is 0.323 e. The lowest BCUT2D eigenvalue weighted by atomic mass is 10.3. The van der Waals surface area contributed by atoms with Crippen molar-refractivity contribution in [2.75, 3.05) is 6.54 Å². The molecule has 6 nitrogen and oxygen atoms in total. The molecule has 0 saturated carbocycles. The van der Waals surface area contributed by atoms with Crippen molar-refractivity contribution in [2.24, 2.45) is 0 Å². The number of furan rings is 1. The van der Waals surface area contributed by atoms with E-state index in [4.69, 9.17) is 26.8 Å². The molecule has 2 rings (SSSR count). The van der Waals surface area contributed by atoms with Gasteiger partial charge in [-0.05, 0) is 12.1 Å². The minimum atomic E-state index is -1.13. The Labute approximate surface area is 117 Å². The van der Waals surface area contributed by atoms with Crippen LogP contribution >= 0.6 is 24.0 Å². The lowest BCUT2D eigenvalue weighted by Crippen LogP contribution is -2.33. The largest absolute Gasteiger partial charge is 0.480 e. The second-order valence-corrected chi connectivity index (χ2v) is 5.30. The first-order chi connectivity index (χ1) is 9.01. The van der Waals surface area contributed by atoms with Crippen LogP contribution in [-0.4, -0.2) is 37.9 Å². The first-order valence-electron chi connectivity index (χ1n) is 5.18. The molecule has 1 aromatic rings. The van der Waals surface area contributed by atoms with Crippen molar-refractivity contribution in [1.29, 1.82) is 0 Å². The topological polar surface area (TPSA) is 91.0 Å². The van der Waals surface area contributed by atoms with Crippen LogP contribution in [0.2, 0.25) is 0 Å². The number of nitrogens with zero attached hydrogens (tertiary/aromatic N) is 1.